The van der Waals surface area contributed by atoms with E-state index in [4.69, 9.17) is 4.74 Å². The third-order valence-electron chi connectivity index (χ3n) is 1.77. The number of rotatable bonds is 4. The van der Waals surface area contributed by atoms with Gasteiger partial charge < -0.3 is 9.30 Å². The highest BCUT2D eigenvalue weighted by atomic mass is 79.9. The molecule has 0 aliphatic heterocycles. The Balaban J connectivity index is 2.65. The second-order valence-electron chi connectivity index (χ2n) is 3.12. The lowest BCUT2D eigenvalue weighted by molar-refractivity contribution is 0.0617. The van der Waals surface area contributed by atoms with Gasteiger partial charge in [-0.05, 0) is 36.7 Å². The summed E-state index contributed by atoms with van der Waals surface area (Å²) in [7, 11) is 0. The molecule has 0 saturated heterocycles. The van der Waals surface area contributed by atoms with E-state index < -0.39 is 0 Å². The van der Waals surface area contributed by atoms with E-state index in [-0.39, 0.29) is 6.10 Å². The highest BCUT2D eigenvalue weighted by molar-refractivity contribution is 9.10. The van der Waals surface area contributed by atoms with Crippen LogP contribution in [0.2, 0.25) is 0 Å². The van der Waals surface area contributed by atoms with Crippen LogP contribution in [0.1, 0.15) is 26.5 Å². The maximum Gasteiger partial charge on any atom is 0.177 e. The van der Waals surface area contributed by atoms with Crippen LogP contribution in [0, 0.1) is 0 Å². The minimum Gasteiger partial charge on any atom is -0.373 e. The molecule has 1 aromatic rings. The topological polar surface area (TPSA) is 27.1 Å². The van der Waals surface area contributed by atoms with E-state index in [9.17, 15) is 0 Å². The molecule has 0 aromatic carbocycles. The summed E-state index contributed by atoms with van der Waals surface area (Å²) >= 11 is 3.38. The van der Waals surface area contributed by atoms with Gasteiger partial charge in [0.25, 0.3) is 0 Å². The van der Waals surface area contributed by atoms with Crippen molar-refractivity contribution >= 4 is 15.9 Å². The normalized spacial score (nSPS) is 11.2. The summed E-state index contributed by atoms with van der Waals surface area (Å²) in [6.45, 7) is 7.69. The fourth-order valence-corrected chi connectivity index (χ4v) is 1.67. The minimum absolute atomic E-state index is 0.263. The standard InChI is InChI=1S/C9H15BrN2O/c1-4-12-8(5-11-9(12)10)6-13-7(2)3/h5,7H,4,6H2,1-3H3. The van der Waals surface area contributed by atoms with Crippen molar-refractivity contribution in [2.45, 2.75) is 40.0 Å². The van der Waals surface area contributed by atoms with Gasteiger partial charge in [0.05, 0.1) is 24.6 Å². The molecule has 0 aliphatic rings. The molecule has 3 nitrogen and oxygen atoms in total. The molecule has 13 heavy (non-hydrogen) atoms. The van der Waals surface area contributed by atoms with Crippen molar-refractivity contribution < 1.29 is 4.74 Å². The van der Waals surface area contributed by atoms with Crippen LogP contribution in [0.15, 0.2) is 10.9 Å². The monoisotopic (exact) mass is 246 g/mol. The fourth-order valence-electron chi connectivity index (χ4n) is 1.09. The zero-order valence-corrected chi connectivity index (χ0v) is 9.84. The van der Waals surface area contributed by atoms with E-state index in [1.165, 1.54) is 0 Å². The van der Waals surface area contributed by atoms with Crippen LogP contribution >= 0.6 is 15.9 Å². The first-order chi connectivity index (χ1) is 6.15. The lowest BCUT2D eigenvalue weighted by atomic mass is 10.4. The van der Waals surface area contributed by atoms with Crippen molar-refractivity contribution in [3.63, 3.8) is 0 Å². The average Bonchev–Trinajstić information content (AvgIpc) is 2.42. The van der Waals surface area contributed by atoms with Crippen LogP contribution in [-0.4, -0.2) is 15.7 Å². The predicted octanol–water partition coefficient (Wildman–Crippen LogP) is 2.59. The van der Waals surface area contributed by atoms with Crippen molar-refractivity contribution in [2.24, 2.45) is 0 Å². The number of ether oxygens (including phenoxy) is 1. The van der Waals surface area contributed by atoms with Crippen molar-refractivity contribution in [2.75, 3.05) is 0 Å². The van der Waals surface area contributed by atoms with Gasteiger partial charge >= 0.3 is 0 Å². The molecule has 1 aromatic heterocycles. The van der Waals surface area contributed by atoms with Crippen LogP contribution in [0.3, 0.4) is 0 Å². The highest BCUT2D eigenvalue weighted by Gasteiger charge is 2.06. The summed E-state index contributed by atoms with van der Waals surface area (Å²) in [5, 5.41) is 0. The van der Waals surface area contributed by atoms with Crippen molar-refractivity contribution in [3.8, 4) is 0 Å². The molecule has 0 fully saturated rings. The van der Waals surface area contributed by atoms with Crippen molar-refractivity contribution in [1.82, 2.24) is 9.55 Å². The van der Waals surface area contributed by atoms with Crippen LogP contribution in [-0.2, 0) is 17.9 Å². The van der Waals surface area contributed by atoms with E-state index in [1.54, 1.807) is 0 Å². The zero-order chi connectivity index (χ0) is 9.84. The first-order valence-electron chi connectivity index (χ1n) is 4.46. The third-order valence-corrected chi connectivity index (χ3v) is 2.40. The summed E-state index contributed by atoms with van der Waals surface area (Å²) < 4.78 is 8.46. The summed E-state index contributed by atoms with van der Waals surface area (Å²) in [5.74, 6) is 0. The Bertz CT molecular complexity index is 271. The lowest BCUT2D eigenvalue weighted by Gasteiger charge is -2.09. The van der Waals surface area contributed by atoms with Gasteiger partial charge in [0.15, 0.2) is 4.73 Å². The molecule has 74 valence electrons. The van der Waals surface area contributed by atoms with Gasteiger partial charge in [-0.25, -0.2) is 4.98 Å². The molecule has 0 unspecified atom stereocenters. The van der Waals surface area contributed by atoms with Gasteiger partial charge in [-0.1, -0.05) is 0 Å². The molecule has 0 radical (unpaired) electrons. The molecule has 0 amide bonds. The van der Waals surface area contributed by atoms with E-state index in [0.29, 0.717) is 6.61 Å². The average molecular weight is 247 g/mol. The number of hydrogen-bond acceptors (Lipinski definition) is 2. The first-order valence-corrected chi connectivity index (χ1v) is 5.26. The van der Waals surface area contributed by atoms with E-state index >= 15 is 0 Å². The molecule has 0 N–H and O–H groups in total. The van der Waals surface area contributed by atoms with Gasteiger partial charge in [-0.15, -0.1) is 0 Å². The molecule has 1 rings (SSSR count). The fraction of sp³-hybridized carbons (Fsp3) is 0.667. The largest absolute Gasteiger partial charge is 0.373 e. The summed E-state index contributed by atoms with van der Waals surface area (Å²) in [5.41, 5.74) is 1.11. The Morgan fingerprint density at radius 2 is 2.31 bits per heavy atom. The Morgan fingerprint density at radius 3 is 2.85 bits per heavy atom. The third kappa shape index (κ3) is 2.81. The summed E-state index contributed by atoms with van der Waals surface area (Å²) in [6.07, 6.45) is 2.11. The van der Waals surface area contributed by atoms with Crippen molar-refractivity contribution in [3.05, 3.63) is 16.6 Å². The number of hydrogen-bond donors (Lipinski definition) is 0. The maximum absolute atomic E-state index is 5.50. The van der Waals surface area contributed by atoms with Gasteiger partial charge in [-0.2, -0.15) is 0 Å². The Morgan fingerprint density at radius 1 is 1.62 bits per heavy atom. The van der Waals surface area contributed by atoms with Crippen molar-refractivity contribution in [1.29, 1.82) is 0 Å². The lowest BCUT2D eigenvalue weighted by Crippen LogP contribution is -2.07. The molecule has 0 aliphatic carbocycles. The number of halogens is 1. The Labute approximate surface area is 87.2 Å². The quantitative estimate of drug-likeness (QED) is 0.817. The highest BCUT2D eigenvalue weighted by Crippen LogP contribution is 2.12. The predicted molar refractivity (Wildman–Crippen MR) is 55.5 cm³/mol. The van der Waals surface area contributed by atoms with E-state index in [0.717, 1.165) is 17.0 Å². The molecular formula is C9H15BrN2O. The van der Waals surface area contributed by atoms with E-state index in [1.807, 2.05) is 20.0 Å². The smallest absolute Gasteiger partial charge is 0.177 e. The molecule has 0 saturated carbocycles. The minimum atomic E-state index is 0.263. The second-order valence-corrected chi connectivity index (χ2v) is 3.83. The van der Waals surface area contributed by atoms with Gasteiger partial charge in [-0.3, -0.25) is 0 Å². The van der Waals surface area contributed by atoms with E-state index in [2.05, 4.69) is 32.4 Å². The molecule has 1 heterocycles. The number of nitrogens with zero attached hydrogens (tertiary/aromatic N) is 2. The molecular weight excluding hydrogens is 232 g/mol. The number of aromatic nitrogens is 2. The maximum atomic E-state index is 5.50. The number of imidazole rings is 1. The molecule has 0 bridgehead atoms. The van der Waals surface area contributed by atoms with Crippen LogP contribution < -0.4 is 0 Å². The summed E-state index contributed by atoms with van der Waals surface area (Å²) in [4.78, 5) is 4.16. The zero-order valence-electron chi connectivity index (χ0n) is 8.25. The first kappa shape index (κ1) is 10.7. The van der Waals surface area contributed by atoms with Crippen LogP contribution in [0.5, 0.6) is 0 Å². The van der Waals surface area contributed by atoms with Gasteiger partial charge in [0.1, 0.15) is 0 Å². The van der Waals surface area contributed by atoms with Gasteiger partial charge in [0, 0.05) is 6.54 Å². The molecule has 4 heteroatoms. The van der Waals surface area contributed by atoms with Crippen LogP contribution in [0.25, 0.3) is 0 Å². The SMILES string of the molecule is CCn1c(COC(C)C)cnc1Br. The molecule has 0 atom stereocenters. The second kappa shape index (κ2) is 4.77. The van der Waals surface area contributed by atoms with Crippen LogP contribution in [0.4, 0.5) is 0 Å². The summed E-state index contributed by atoms with van der Waals surface area (Å²) in [6, 6.07) is 0. The Hall–Kier alpha value is -0.350. The Kier molecular flexibility index (Phi) is 3.93. The van der Waals surface area contributed by atoms with Gasteiger partial charge in [0.2, 0.25) is 0 Å². The molecule has 0 spiro atoms.